The lowest BCUT2D eigenvalue weighted by atomic mass is 9.77. The van der Waals surface area contributed by atoms with Crippen LogP contribution in [0.2, 0.25) is 0 Å². The maximum atomic E-state index is 3.99. The van der Waals surface area contributed by atoms with Gasteiger partial charge in [0.05, 0.1) is 0 Å². The number of rotatable bonds is 4. The Morgan fingerprint density at radius 1 is 0.913 bits per heavy atom. The summed E-state index contributed by atoms with van der Waals surface area (Å²) in [6.07, 6.45) is 23.5. The molecule has 0 aliphatic heterocycles. The standard InChI is InChI=1S/C23H26/c1-5-8-10-18-13-21-14-20-12-17(7-3)19(9-6-2)15-23(20)22(21)11-16(18)4/h5-13,15,20-23H,1,3,14H2,2,4H3/b9-6-,10-8-. The average molecular weight is 302 g/mol. The second-order valence-electron chi connectivity index (χ2n) is 6.73. The van der Waals surface area contributed by atoms with Crippen molar-refractivity contribution in [2.75, 3.05) is 0 Å². The van der Waals surface area contributed by atoms with Gasteiger partial charge in [-0.15, -0.1) is 0 Å². The number of allylic oxidation sites excluding steroid dienone is 14. The van der Waals surface area contributed by atoms with Crippen LogP contribution in [0.1, 0.15) is 20.3 Å². The Kier molecular flexibility index (Phi) is 4.52. The van der Waals surface area contributed by atoms with Crippen LogP contribution < -0.4 is 0 Å². The number of fused-ring (bicyclic) bond motifs is 3. The second kappa shape index (κ2) is 6.58. The highest BCUT2D eigenvalue weighted by molar-refractivity contribution is 5.51. The lowest BCUT2D eigenvalue weighted by Crippen LogP contribution is -2.18. The van der Waals surface area contributed by atoms with Crippen LogP contribution in [0, 0.1) is 23.7 Å². The van der Waals surface area contributed by atoms with Crippen molar-refractivity contribution in [1.29, 1.82) is 0 Å². The molecule has 3 aliphatic carbocycles. The van der Waals surface area contributed by atoms with Gasteiger partial charge in [-0.05, 0) is 66.2 Å². The van der Waals surface area contributed by atoms with Crippen molar-refractivity contribution >= 4 is 0 Å². The first kappa shape index (κ1) is 15.8. The summed E-state index contributed by atoms with van der Waals surface area (Å²) >= 11 is 0. The van der Waals surface area contributed by atoms with Crippen LogP contribution in [-0.4, -0.2) is 0 Å². The molecule has 0 nitrogen and oxygen atoms in total. The fourth-order valence-corrected chi connectivity index (χ4v) is 4.28. The summed E-state index contributed by atoms with van der Waals surface area (Å²) in [5.41, 5.74) is 5.37. The van der Waals surface area contributed by atoms with Gasteiger partial charge in [0.2, 0.25) is 0 Å². The summed E-state index contributed by atoms with van der Waals surface area (Å²) < 4.78 is 0. The molecular formula is C23H26. The zero-order valence-electron chi connectivity index (χ0n) is 14.2. The highest BCUT2D eigenvalue weighted by Crippen LogP contribution is 2.51. The highest BCUT2D eigenvalue weighted by Gasteiger charge is 2.42. The third-order valence-electron chi connectivity index (χ3n) is 5.35. The Bertz CT molecular complexity index is 688. The van der Waals surface area contributed by atoms with Crippen LogP contribution in [0.5, 0.6) is 0 Å². The molecule has 0 bridgehead atoms. The van der Waals surface area contributed by atoms with E-state index >= 15 is 0 Å². The fraction of sp³-hybridized carbons (Fsp3) is 0.304. The van der Waals surface area contributed by atoms with Gasteiger partial charge < -0.3 is 0 Å². The Labute approximate surface area is 140 Å². The van der Waals surface area contributed by atoms with E-state index in [2.05, 4.69) is 69.5 Å². The molecule has 4 atom stereocenters. The molecule has 0 spiro atoms. The molecule has 3 aliphatic rings. The molecule has 0 N–H and O–H groups in total. The van der Waals surface area contributed by atoms with E-state index < -0.39 is 0 Å². The van der Waals surface area contributed by atoms with Gasteiger partial charge in [0.1, 0.15) is 0 Å². The summed E-state index contributed by atoms with van der Waals surface area (Å²) in [6.45, 7) is 12.1. The predicted molar refractivity (Wildman–Crippen MR) is 101 cm³/mol. The van der Waals surface area contributed by atoms with Crippen molar-refractivity contribution in [3.63, 3.8) is 0 Å². The molecule has 0 saturated heterocycles. The van der Waals surface area contributed by atoms with Gasteiger partial charge in [-0.25, -0.2) is 0 Å². The summed E-state index contributed by atoms with van der Waals surface area (Å²) in [5.74, 6) is 2.52. The zero-order valence-corrected chi connectivity index (χ0v) is 14.2. The molecule has 0 aromatic rings. The molecule has 23 heavy (non-hydrogen) atoms. The van der Waals surface area contributed by atoms with Crippen LogP contribution in [0.15, 0.2) is 96.2 Å². The quantitative estimate of drug-likeness (QED) is 0.549. The highest BCUT2D eigenvalue weighted by atomic mass is 14.5. The van der Waals surface area contributed by atoms with Gasteiger partial charge in [0.15, 0.2) is 0 Å². The molecule has 0 heteroatoms. The maximum absolute atomic E-state index is 3.99. The SMILES string of the molecule is C=C/C=C\C1=CC2CC3C=C(C=C)C(/C=C\C)=CC3C2C=C1C. The summed E-state index contributed by atoms with van der Waals surface area (Å²) in [4.78, 5) is 0. The van der Waals surface area contributed by atoms with E-state index in [1.807, 2.05) is 18.2 Å². The van der Waals surface area contributed by atoms with E-state index in [0.717, 1.165) is 0 Å². The molecular weight excluding hydrogens is 276 g/mol. The summed E-state index contributed by atoms with van der Waals surface area (Å²) in [5, 5.41) is 0. The van der Waals surface area contributed by atoms with Gasteiger partial charge >= 0.3 is 0 Å². The molecule has 0 radical (unpaired) electrons. The predicted octanol–water partition coefficient (Wildman–Crippen LogP) is 6.11. The monoisotopic (exact) mass is 302 g/mol. The summed E-state index contributed by atoms with van der Waals surface area (Å²) in [7, 11) is 0. The van der Waals surface area contributed by atoms with Gasteiger partial charge in [-0.2, -0.15) is 0 Å². The second-order valence-corrected chi connectivity index (χ2v) is 6.73. The van der Waals surface area contributed by atoms with Crippen LogP contribution in [0.3, 0.4) is 0 Å². The minimum atomic E-state index is 0.617. The van der Waals surface area contributed by atoms with Crippen molar-refractivity contribution < 1.29 is 0 Å². The molecule has 118 valence electrons. The molecule has 0 amide bonds. The minimum absolute atomic E-state index is 0.617. The Morgan fingerprint density at radius 2 is 1.61 bits per heavy atom. The van der Waals surface area contributed by atoms with Crippen LogP contribution in [0.25, 0.3) is 0 Å². The number of hydrogen-bond donors (Lipinski definition) is 0. The lowest BCUT2D eigenvalue weighted by molar-refractivity contribution is 0.455. The average Bonchev–Trinajstić information content (AvgIpc) is 2.88. The Morgan fingerprint density at radius 3 is 2.26 bits per heavy atom. The van der Waals surface area contributed by atoms with Gasteiger partial charge in [0.25, 0.3) is 0 Å². The van der Waals surface area contributed by atoms with Gasteiger partial charge in [0, 0.05) is 0 Å². The fourth-order valence-electron chi connectivity index (χ4n) is 4.28. The third-order valence-corrected chi connectivity index (χ3v) is 5.35. The van der Waals surface area contributed by atoms with Gasteiger partial charge in [-0.3, -0.25) is 0 Å². The zero-order chi connectivity index (χ0) is 16.4. The molecule has 4 unspecified atom stereocenters. The van der Waals surface area contributed by atoms with E-state index in [-0.39, 0.29) is 0 Å². The maximum Gasteiger partial charge on any atom is -0.00919 e. The van der Waals surface area contributed by atoms with E-state index in [1.165, 1.54) is 28.7 Å². The van der Waals surface area contributed by atoms with Crippen LogP contribution >= 0.6 is 0 Å². The van der Waals surface area contributed by atoms with E-state index in [4.69, 9.17) is 0 Å². The molecule has 1 saturated carbocycles. The molecule has 0 aromatic carbocycles. The van der Waals surface area contributed by atoms with E-state index in [1.54, 1.807) is 0 Å². The van der Waals surface area contributed by atoms with Crippen molar-refractivity contribution in [3.05, 3.63) is 96.2 Å². The smallest absolute Gasteiger partial charge is 0.00919 e. The van der Waals surface area contributed by atoms with Gasteiger partial charge in [-0.1, -0.05) is 73.9 Å². The van der Waals surface area contributed by atoms with Crippen molar-refractivity contribution in [1.82, 2.24) is 0 Å². The van der Waals surface area contributed by atoms with E-state index in [0.29, 0.717) is 23.7 Å². The normalized spacial score (nSPS) is 32.8. The molecule has 1 fully saturated rings. The topological polar surface area (TPSA) is 0 Å². The minimum Gasteiger partial charge on any atom is -0.0991 e. The van der Waals surface area contributed by atoms with Crippen LogP contribution in [0.4, 0.5) is 0 Å². The van der Waals surface area contributed by atoms with Crippen molar-refractivity contribution in [3.8, 4) is 0 Å². The molecule has 0 heterocycles. The number of hydrogen-bond acceptors (Lipinski definition) is 0. The molecule has 3 rings (SSSR count). The van der Waals surface area contributed by atoms with Crippen molar-refractivity contribution in [2.24, 2.45) is 23.7 Å². The largest absolute Gasteiger partial charge is 0.0991 e. The first-order valence-corrected chi connectivity index (χ1v) is 8.56. The molecule has 0 aromatic heterocycles. The Hall–Kier alpha value is -2.08. The lowest BCUT2D eigenvalue weighted by Gasteiger charge is -2.27. The van der Waals surface area contributed by atoms with Crippen LogP contribution in [-0.2, 0) is 0 Å². The Balaban J connectivity index is 1.94. The third kappa shape index (κ3) is 2.91. The first-order valence-electron chi connectivity index (χ1n) is 8.56. The van der Waals surface area contributed by atoms with Crippen molar-refractivity contribution in [2.45, 2.75) is 20.3 Å². The van der Waals surface area contributed by atoms with E-state index in [9.17, 15) is 0 Å². The summed E-state index contributed by atoms with van der Waals surface area (Å²) in [6, 6.07) is 0. The first-order chi connectivity index (χ1) is 11.2.